The van der Waals surface area contributed by atoms with E-state index in [4.69, 9.17) is 11.6 Å². The van der Waals surface area contributed by atoms with Gasteiger partial charge in [0.1, 0.15) is 18.4 Å². The normalized spacial score (nSPS) is 12.0. The zero-order valence-corrected chi connectivity index (χ0v) is 22.2. The van der Waals surface area contributed by atoms with Crippen molar-refractivity contribution in [2.45, 2.75) is 25.9 Å². The average Bonchev–Trinajstić information content (AvgIpc) is 2.87. The lowest BCUT2D eigenvalue weighted by Crippen LogP contribution is -2.53. The Balaban J connectivity index is 2.03. The molecule has 0 fully saturated rings. The molecule has 0 bridgehead atoms. The lowest BCUT2D eigenvalue weighted by Gasteiger charge is -2.33. The van der Waals surface area contributed by atoms with Gasteiger partial charge in [-0.2, -0.15) is 0 Å². The Bertz CT molecular complexity index is 1320. The lowest BCUT2D eigenvalue weighted by molar-refractivity contribution is -0.140. The number of likely N-dealkylation sites (N-methyl/N-ethyl adjacent to an activating group) is 1. The highest BCUT2D eigenvalue weighted by Gasteiger charge is 2.33. The summed E-state index contributed by atoms with van der Waals surface area (Å²) in [5.74, 6) is -1.66. The second-order valence-corrected chi connectivity index (χ2v) is 10.8. The summed E-state index contributed by atoms with van der Waals surface area (Å²) in [7, 11) is -3.96. The molecule has 0 saturated heterocycles. The molecule has 10 heteroatoms. The number of nitrogens with one attached hydrogen (secondary N) is 1. The third-order valence-corrected chi connectivity index (χ3v) is 7.12. The number of anilines is 1. The molecule has 37 heavy (non-hydrogen) atoms. The first-order chi connectivity index (χ1) is 17.6. The van der Waals surface area contributed by atoms with Gasteiger partial charge in [-0.25, -0.2) is 12.8 Å². The minimum absolute atomic E-state index is 0.0412. The molecule has 3 rings (SSSR count). The molecule has 3 aromatic rings. The number of amides is 2. The zero-order valence-electron chi connectivity index (χ0n) is 20.6. The van der Waals surface area contributed by atoms with Crippen LogP contribution in [0.1, 0.15) is 18.1 Å². The maximum Gasteiger partial charge on any atom is 0.244 e. The van der Waals surface area contributed by atoms with Crippen LogP contribution in [0, 0.1) is 5.82 Å². The van der Waals surface area contributed by atoms with Gasteiger partial charge < -0.3 is 10.2 Å². The standard InChI is InChI=1S/C27H29ClFN3O4S/c1-3-30-27(34)25(16-20-10-6-4-7-11-20)31(18-21-12-8-5-9-13-21)26(33)19-32(37(2,35)36)22-14-15-24(29)23(28)17-22/h4-15,17,25H,3,16,18-19H2,1-2H3,(H,30,34). The molecule has 0 aliphatic carbocycles. The summed E-state index contributed by atoms with van der Waals surface area (Å²) in [6.07, 6.45) is 1.18. The van der Waals surface area contributed by atoms with Crippen molar-refractivity contribution in [3.05, 3.63) is 101 Å². The summed E-state index contributed by atoms with van der Waals surface area (Å²) in [5, 5.41) is 2.52. The molecule has 1 atom stereocenters. The molecule has 0 spiro atoms. The first kappa shape index (κ1) is 28.1. The third-order valence-electron chi connectivity index (χ3n) is 5.69. The van der Waals surface area contributed by atoms with Crippen molar-refractivity contribution in [1.29, 1.82) is 0 Å². The summed E-state index contributed by atoms with van der Waals surface area (Å²) < 4.78 is 40.0. The first-order valence-electron chi connectivity index (χ1n) is 11.7. The molecule has 1 N–H and O–H groups in total. The molecule has 0 saturated carbocycles. The Morgan fingerprint density at radius 3 is 2.11 bits per heavy atom. The van der Waals surface area contributed by atoms with Gasteiger partial charge in [-0.15, -0.1) is 0 Å². The minimum Gasteiger partial charge on any atom is -0.355 e. The van der Waals surface area contributed by atoms with Crippen molar-refractivity contribution in [1.82, 2.24) is 10.2 Å². The van der Waals surface area contributed by atoms with Crippen LogP contribution < -0.4 is 9.62 Å². The second-order valence-electron chi connectivity index (χ2n) is 8.48. The largest absolute Gasteiger partial charge is 0.355 e. The van der Waals surface area contributed by atoms with Crippen molar-refractivity contribution in [3.8, 4) is 0 Å². The predicted octanol–water partition coefficient (Wildman–Crippen LogP) is 4.02. The monoisotopic (exact) mass is 545 g/mol. The topological polar surface area (TPSA) is 86.8 Å². The third kappa shape index (κ3) is 7.77. The number of benzene rings is 3. The van der Waals surface area contributed by atoms with E-state index in [0.29, 0.717) is 6.54 Å². The van der Waals surface area contributed by atoms with E-state index in [1.54, 1.807) is 6.92 Å². The summed E-state index contributed by atoms with van der Waals surface area (Å²) in [4.78, 5) is 28.4. The van der Waals surface area contributed by atoms with Crippen LogP contribution in [0.2, 0.25) is 5.02 Å². The van der Waals surface area contributed by atoms with Gasteiger partial charge in [0.05, 0.1) is 17.0 Å². The van der Waals surface area contributed by atoms with E-state index in [1.165, 1.54) is 11.0 Å². The first-order valence-corrected chi connectivity index (χ1v) is 13.9. The van der Waals surface area contributed by atoms with E-state index in [2.05, 4.69) is 5.32 Å². The molecule has 0 radical (unpaired) electrons. The maximum absolute atomic E-state index is 13.8. The highest BCUT2D eigenvalue weighted by atomic mass is 35.5. The van der Waals surface area contributed by atoms with Crippen molar-refractivity contribution in [2.24, 2.45) is 0 Å². The van der Waals surface area contributed by atoms with Crippen LogP contribution in [-0.2, 0) is 32.6 Å². The number of hydrogen-bond acceptors (Lipinski definition) is 4. The fourth-order valence-corrected chi connectivity index (χ4v) is 4.90. The smallest absolute Gasteiger partial charge is 0.244 e. The molecular formula is C27H29ClFN3O4S. The van der Waals surface area contributed by atoms with Gasteiger partial charge in [0.15, 0.2) is 0 Å². The Morgan fingerprint density at radius 2 is 1.57 bits per heavy atom. The molecule has 2 amide bonds. The van der Waals surface area contributed by atoms with Crippen molar-refractivity contribution >= 4 is 39.1 Å². The highest BCUT2D eigenvalue weighted by Crippen LogP contribution is 2.25. The number of carbonyl (C=O) groups excluding carboxylic acids is 2. The van der Waals surface area contributed by atoms with Crippen molar-refractivity contribution in [3.63, 3.8) is 0 Å². The van der Waals surface area contributed by atoms with Gasteiger partial charge in [-0.3, -0.25) is 13.9 Å². The summed E-state index contributed by atoms with van der Waals surface area (Å²) in [6.45, 7) is 1.62. The predicted molar refractivity (Wildman–Crippen MR) is 143 cm³/mol. The van der Waals surface area contributed by atoms with Gasteiger partial charge in [0.2, 0.25) is 21.8 Å². The molecule has 0 heterocycles. The fourth-order valence-electron chi connectivity index (χ4n) is 3.88. The van der Waals surface area contributed by atoms with E-state index in [-0.39, 0.29) is 29.6 Å². The van der Waals surface area contributed by atoms with Gasteiger partial charge in [0.25, 0.3) is 0 Å². The Hall–Kier alpha value is -3.43. The highest BCUT2D eigenvalue weighted by molar-refractivity contribution is 7.92. The van der Waals surface area contributed by atoms with Crippen LogP contribution in [0.4, 0.5) is 10.1 Å². The summed E-state index contributed by atoms with van der Waals surface area (Å²) >= 11 is 5.89. The van der Waals surface area contributed by atoms with E-state index in [1.807, 2.05) is 60.7 Å². The van der Waals surface area contributed by atoms with Crippen LogP contribution in [0.15, 0.2) is 78.9 Å². The number of carbonyl (C=O) groups is 2. The number of hydrogen-bond donors (Lipinski definition) is 1. The van der Waals surface area contributed by atoms with Crippen molar-refractivity contribution < 1.29 is 22.4 Å². The minimum atomic E-state index is -3.96. The molecule has 0 aromatic heterocycles. The average molecular weight is 546 g/mol. The molecule has 7 nitrogen and oxygen atoms in total. The van der Waals surface area contributed by atoms with Gasteiger partial charge in [0, 0.05) is 19.5 Å². The van der Waals surface area contributed by atoms with E-state index >= 15 is 0 Å². The Labute approximate surface area is 221 Å². The van der Waals surface area contributed by atoms with E-state index in [0.717, 1.165) is 33.8 Å². The van der Waals surface area contributed by atoms with Gasteiger partial charge in [-0.1, -0.05) is 72.3 Å². The molecule has 0 aliphatic heterocycles. The van der Waals surface area contributed by atoms with Gasteiger partial charge >= 0.3 is 0 Å². The molecule has 1 unspecified atom stereocenters. The van der Waals surface area contributed by atoms with Crippen LogP contribution >= 0.6 is 11.6 Å². The quantitative estimate of drug-likeness (QED) is 0.394. The van der Waals surface area contributed by atoms with Gasteiger partial charge in [-0.05, 0) is 36.2 Å². The molecule has 196 valence electrons. The van der Waals surface area contributed by atoms with E-state index < -0.39 is 34.3 Å². The van der Waals surface area contributed by atoms with Crippen LogP contribution in [0.5, 0.6) is 0 Å². The zero-order chi connectivity index (χ0) is 27.0. The molecule has 0 aliphatic rings. The summed E-state index contributed by atoms with van der Waals surface area (Å²) in [5.41, 5.74) is 1.66. The van der Waals surface area contributed by atoms with Crippen LogP contribution in [0.25, 0.3) is 0 Å². The number of rotatable bonds is 11. The second kappa shape index (κ2) is 12.7. The number of sulfonamides is 1. The SMILES string of the molecule is CCNC(=O)C(Cc1ccccc1)N(Cc1ccccc1)C(=O)CN(c1ccc(F)c(Cl)c1)S(C)(=O)=O. The maximum atomic E-state index is 13.8. The Morgan fingerprint density at radius 1 is 0.973 bits per heavy atom. The number of nitrogens with zero attached hydrogens (tertiary/aromatic N) is 2. The van der Waals surface area contributed by atoms with Crippen LogP contribution in [-0.4, -0.2) is 50.5 Å². The Kier molecular flexibility index (Phi) is 9.66. The number of halogens is 2. The van der Waals surface area contributed by atoms with E-state index in [9.17, 15) is 22.4 Å². The lowest BCUT2D eigenvalue weighted by atomic mass is 10.0. The molecular weight excluding hydrogens is 517 g/mol. The summed E-state index contributed by atoms with van der Waals surface area (Å²) in [6, 6.07) is 20.9. The fraction of sp³-hybridized carbons (Fsp3) is 0.259. The molecule has 3 aromatic carbocycles. The van der Waals surface area contributed by atoms with Crippen molar-refractivity contribution in [2.75, 3.05) is 23.7 Å². The van der Waals surface area contributed by atoms with Crippen LogP contribution in [0.3, 0.4) is 0 Å².